The molecule has 1 saturated heterocycles. The monoisotopic (exact) mass is 332 g/mol. The molecule has 1 aliphatic heterocycles. The van der Waals surface area contributed by atoms with Crippen LogP contribution >= 0.6 is 0 Å². The van der Waals surface area contributed by atoms with Crippen LogP contribution in [0.2, 0.25) is 0 Å². The highest BCUT2D eigenvalue weighted by molar-refractivity contribution is 6.02. The standard InChI is InChI=1S/C17H20N2O5/c1-24-17(23)10-12-4-2-3-5-13(12)11-18-14(20)8-9-19-15(21)6-7-16(19)22/h2-5H,6-11H2,1H3,(H,18,20). The van der Waals surface area contributed by atoms with Gasteiger partial charge < -0.3 is 10.1 Å². The topological polar surface area (TPSA) is 92.8 Å². The third-order valence-corrected chi connectivity index (χ3v) is 3.87. The molecule has 128 valence electrons. The first kappa shape index (κ1) is 17.7. The van der Waals surface area contributed by atoms with E-state index in [-0.39, 0.29) is 62.5 Å². The molecule has 0 radical (unpaired) electrons. The van der Waals surface area contributed by atoms with Crippen molar-refractivity contribution in [2.75, 3.05) is 13.7 Å². The number of carbonyl (C=O) groups is 4. The molecule has 0 saturated carbocycles. The summed E-state index contributed by atoms with van der Waals surface area (Å²) in [6.07, 6.45) is 0.651. The molecule has 0 unspecified atom stereocenters. The maximum absolute atomic E-state index is 11.9. The molecule has 0 atom stereocenters. The van der Waals surface area contributed by atoms with Crippen molar-refractivity contribution in [3.05, 3.63) is 35.4 Å². The Balaban J connectivity index is 1.84. The summed E-state index contributed by atoms with van der Waals surface area (Å²) in [4.78, 5) is 47.4. The lowest BCUT2D eigenvalue weighted by molar-refractivity contribution is -0.140. The second kappa shape index (κ2) is 8.24. The van der Waals surface area contributed by atoms with Gasteiger partial charge in [-0.05, 0) is 11.1 Å². The average molecular weight is 332 g/mol. The van der Waals surface area contributed by atoms with Gasteiger partial charge in [0.05, 0.1) is 13.5 Å². The number of esters is 1. The minimum atomic E-state index is -0.347. The minimum Gasteiger partial charge on any atom is -0.469 e. The Bertz CT molecular complexity index is 640. The van der Waals surface area contributed by atoms with Crippen molar-refractivity contribution in [1.29, 1.82) is 0 Å². The molecule has 0 aliphatic carbocycles. The van der Waals surface area contributed by atoms with Gasteiger partial charge in [-0.1, -0.05) is 24.3 Å². The van der Waals surface area contributed by atoms with E-state index in [1.54, 1.807) is 6.07 Å². The van der Waals surface area contributed by atoms with E-state index >= 15 is 0 Å². The molecule has 1 N–H and O–H groups in total. The van der Waals surface area contributed by atoms with E-state index in [1.165, 1.54) is 7.11 Å². The summed E-state index contributed by atoms with van der Waals surface area (Å²) in [5, 5.41) is 2.74. The van der Waals surface area contributed by atoms with Gasteiger partial charge in [0.15, 0.2) is 0 Å². The fourth-order valence-electron chi connectivity index (χ4n) is 2.50. The highest BCUT2D eigenvalue weighted by Gasteiger charge is 2.28. The number of hydrogen-bond acceptors (Lipinski definition) is 5. The van der Waals surface area contributed by atoms with E-state index in [0.717, 1.165) is 16.0 Å². The summed E-state index contributed by atoms with van der Waals surface area (Å²) in [6.45, 7) is 0.376. The molecule has 24 heavy (non-hydrogen) atoms. The number of ether oxygens (including phenoxy) is 1. The van der Waals surface area contributed by atoms with Crippen molar-refractivity contribution in [3.63, 3.8) is 0 Å². The second-order valence-electron chi connectivity index (χ2n) is 5.49. The zero-order valence-electron chi connectivity index (χ0n) is 13.5. The molecule has 2 rings (SSSR count). The Morgan fingerprint density at radius 1 is 1.12 bits per heavy atom. The van der Waals surface area contributed by atoms with Crippen LogP contribution in [0, 0.1) is 0 Å². The Hall–Kier alpha value is -2.70. The van der Waals surface area contributed by atoms with Crippen LogP contribution in [0.5, 0.6) is 0 Å². The van der Waals surface area contributed by atoms with Gasteiger partial charge in [0.25, 0.3) is 0 Å². The quantitative estimate of drug-likeness (QED) is 0.582. The first-order chi connectivity index (χ1) is 11.5. The Labute approximate surface area is 140 Å². The fraction of sp³-hybridized carbons (Fsp3) is 0.412. The molecule has 3 amide bonds. The molecular weight excluding hydrogens is 312 g/mol. The van der Waals surface area contributed by atoms with Gasteiger partial charge >= 0.3 is 5.97 Å². The summed E-state index contributed by atoms with van der Waals surface area (Å²) in [7, 11) is 1.33. The van der Waals surface area contributed by atoms with Crippen molar-refractivity contribution in [2.45, 2.75) is 32.2 Å². The molecule has 1 aromatic carbocycles. The third kappa shape index (κ3) is 4.65. The molecule has 1 heterocycles. The van der Waals surface area contributed by atoms with Crippen LogP contribution in [0.15, 0.2) is 24.3 Å². The van der Waals surface area contributed by atoms with Gasteiger partial charge in [-0.15, -0.1) is 0 Å². The predicted octanol–water partition coefficient (Wildman–Crippen LogP) is 0.557. The van der Waals surface area contributed by atoms with Crippen LogP contribution in [-0.4, -0.2) is 42.2 Å². The van der Waals surface area contributed by atoms with E-state index in [2.05, 4.69) is 10.1 Å². The Morgan fingerprint density at radius 2 is 1.75 bits per heavy atom. The molecule has 1 aromatic rings. The normalized spacial score (nSPS) is 14.0. The average Bonchev–Trinajstić information content (AvgIpc) is 2.90. The SMILES string of the molecule is COC(=O)Cc1ccccc1CNC(=O)CCN1C(=O)CCC1=O. The van der Waals surface area contributed by atoms with Crippen LogP contribution in [0.1, 0.15) is 30.4 Å². The molecule has 7 heteroatoms. The lowest BCUT2D eigenvalue weighted by atomic mass is 10.0. The maximum atomic E-state index is 11.9. The van der Waals surface area contributed by atoms with Gasteiger partial charge in [0.1, 0.15) is 0 Å². The van der Waals surface area contributed by atoms with Crippen molar-refractivity contribution < 1.29 is 23.9 Å². The van der Waals surface area contributed by atoms with E-state index in [9.17, 15) is 19.2 Å². The van der Waals surface area contributed by atoms with Crippen LogP contribution in [0.3, 0.4) is 0 Å². The van der Waals surface area contributed by atoms with Crippen molar-refractivity contribution >= 4 is 23.7 Å². The van der Waals surface area contributed by atoms with Crippen LogP contribution < -0.4 is 5.32 Å². The van der Waals surface area contributed by atoms with Crippen molar-refractivity contribution in [2.24, 2.45) is 0 Å². The number of likely N-dealkylation sites (tertiary alicyclic amines) is 1. The van der Waals surface area contributed by atoms with Gasteiger partial charge in [0.2, 0.25) is 17.7 Å². The number of nitrogens with one attached hydrogen (secondary N) is 1. The number of benzene rings is 1. The predicted molar refractivity (Wildman–Crippen MR) is 84.6 cm³/mol. The zero-order valence-corrected chi connectivity index (χ0v) is 13.5. The summed E-state index contributed by atoms with van der Waals surface area (Å²) >= 11 is 0. The highest BCUT2D eigenvalue weighted by Crippen LogP contribution is 2.12. The number of carbonyl (C=O) groups excluding carboxylic acids is 4. The van der Waals surface area contributed by atoms with Gasteiger partial charge in [0, 0.05) is 32.4 Å². The molecule has 0 spiro atoms. The molecule has 0 aromatic heterocycles. The van der Waals surface area contributed by atoms with Crippen molar-refractivity contribution in [1.82, 2.24) is 10.2 Å². The minimum absolute atomic E-state index is 0.0661. The van der Waals surface area contributed by atoms with E-state index in [0.29, 0.717) is 0 Å². The van der Waals surface area contributed by atoms with E-state index in [4.69, 9.17) is 0 Å². The zero-order chi connectivity index (χ0) is 17.5. The first-order valence-corrected chi connectivity index (χ1v) is 7.74. The summed E-state index contributed by atoms with van der Waals surface area (Å²) in [5.41, 5.74) is 1.61. The van der Waals surface area contributed by atoms with Crippen molar-refractivity contribution in [3.8, 4) is 0 Å². The lowest BCUT2D eigenvalue weighted by Crippen LogP contribution is -2.34. The Kier molecular flexibility index (Phi) is 6.06. The number of rotatable bonds is 7. The van der Waals surface area contributed by atoms with E-state index in [1.807, 2.05) is 18.2 Å². The fourth-order valence-corrected chi connectivity index (χ4v) is 2.50. The largest absolute Gasteiger partial charge is 0.469 e. The highest BCUT2D eigenvalue weighted by atomic mass is 16.5. The molecule has 1 fully saturated rings. The van der Waals surface area contributed by atoms with E-state index < -0.39 is 0 Å². The maximum Gasteiger partial charge on any atom is 0.309 e. The number of imide groups is 1. The molecule has 0 bridgehead atoms. The number of nitrogens with zero attached hydrogens (tertiary/aromatic N) is 1. The number of methoxy groups -OCH3 is 1. The van der Waals surface area contributed by atoms with Gasteiger partial charge in [-0.25, -0.2) is 0 Å². The smallest absolute Gasteiger partial charge is 0.309 e. The molecule has 1 aliphatic rings. The molecule has 7 nitrogen and oxygen atoms in total. The van der Waals surface area contributed by atoms with Crippen LogP contribution in [0.4, 0.5) is 0 Å². The Morgan fingerprint density at radius 3 is 2.38 bits per heavy atom. The van der Waals surface area contributed by atoms with Gasteiger partial charge in [-0.2, -0.15) is 0 Å². The van der Waals surface area contributed by atoms with Gasteiger partial charge in [-0.3, -0.25) is 24.1 Å². The van der Waals surface area contributed by atoms with Crippen LogP contribution in [0.25, 0.3) is 0 Å². The number of amides is 3. The first-order valence-electron chi connectivity index (χ1n) is 7.74. The summed E-state index contributed by atoms with van der Waals surface area (Å²) in [6, 6.07) is 7.27. The summed E-state index contributed by atoms with van der Waals surface area (Å²) in [5.74, 6) is -1.05. The second-order valence-corrected chi connectivity index (χ2v) is 5.49. The summed E-state index contributed by atoms with van der Waals surface area (Å²) < 4.78 is 4.65. The molecular formula is C17H20N2O5. The van der Waals surface area contributed by atoms with Crippen LogP contribution in [-0.2, 0) is 36.9 Å². The third-order valence-electron chi connectivity index (χ3n) is 3.87. The lowest BCUT2D eigenvalue weighted by Gasteiger charge is -2.14. The number of hydrogen-bond donors (Lipinski definition) is 1.